The molecule has 0 saturated carbocycles. The van der Waals surface area contributed by atoms with E-state index in [1.165, 1.54) is 16.7 Å². The molecular weight excluding hydrogens is 352 g/mol. The topological polar surface area (TPSA) is 42.0 Å². The van der Waals surface area contributed by atoms with Crippen molar-refractivity contribution in [3.05, 3.63) is 58.7 Å². The van der Waals surface area contributed by atoms with Gasteiger partial charge >= 0.3 is 0 Å². The monoisotopic (exact) mass is 382 g/mol. The van der Waals surface area contributed by atoms with Gasteiger partial charge in [0.15, 0.2) is 11.5 Å². The summed E-state index contributed by atoms with van der Waals surface area (Å²) < 4.78 is 10.6. The molecule has 0 bridgehead atoms. The zero-order chi connectivity index (χ0) is 20.1. The van der Waals surface area contributed by atoms with E-state index in [4.69, 9.17) is 9.47 Å². The average Bonchev–Trinajstić information content (AvgIpc) is 2.71. The van der Waals surface area contributed by atoms with Crippen LogP contribution < -0.4 is 9.47 Å². The van der Waals surface area contributed by atoms with E-state index in [0.717, 1.165) is 38.3 Å². The van der Waals surface area contributed by atoms with Crippen LogP contribution in [0.5, 0.6) is 11.5 Å². The molecule has 2 aromatic rings. The predicted octanol–water partition coefficient (Wildman–Crippen LogP) is 3.21. The third kappa shape index (κ3) is 4.84. The predicted molar refractivity (Wildman–Crippen MR) is 111 cm³/mol. The first-order chi connectivity index (χ1) is 13.5. The molecule has 1 fully saturated rings. The quantitative estimate of drug-likeness (QED) is 0.769. The molecule has 0 N–H and O–H groups in total. The van der Waals surface area contributed by atoms with Crippen molar-refractivity contribution in [2.45, 2.75) is 26.8 Å². The number of benzene rings is 2. The SMILES string of the molecule is COc1ccc(CC(=O)N2CCN(Cc3cc(C)ccc3C)CC2)cc1OC. The number of nitrogens with zero attached hydrogens (tertiary/aromatic N) is 2. The summed E-state index contributed by atoms with van der Waals surface area (Å²) >= 11 is 0. The molecule has 1 amide bonds. The minimum absolute atomic E-state index is 0.165. The molecular formula is C23H30N2O3. The maximum atomic E-state index is 12.7. The molecule has 1 heterocycles. The summed E-state index contributed by atoms with van der Waals surface area (Å²) in [6, 6.07) is 12.3. The second-order valence-corrected chi connectivity index (χ2v) is 7.45. The van der Waals surface area contributed by atoms with Gasteiger partial charge < -0.3 is 14.4 Å². The van der Waals surface area contributed by atoms with Crippen molar-refractivity contribution in [3.8, 4) is 11.5 Å². The standard InChI is InChI=1S/C23H30N2O3/c1-17-5-6-18(2)20(13-17)16-24-9-11-25(12-10-24)23(26)15-19-7-8-21(27-3)22(14-19)28-4/h5-8,13-14H,9-12,15-16H2,1-4H3. The van der Waals surface area contributed by atoms with Crippen LogP contribution in [0.1, 0.15) is 22.3 Å². The summed E-state index contributed by atoms with van der Waals surface area (Å²) in [5.74, 6) is 1.50. The number of carbonyl (C=O) groups is 1. The number of carbonyl (C=O) groups excluding carboxylic acids is 1. The molecule has 5 nitrogen and oxygen atoms in total. The summed E-state index contributed by atoms with van der Waals surface area (Å²) in [5, 5.41) is 0. The Labute approximate surface area is 167 Å². The fourth-order valence-electron chi connectivity index (χ4n) is 3.64. The van der Waals surface area contributed by atoms with Crippen LogP contribution in [0.4, 0.5) is 0 Å². The molecule has 2 aromatic carbocycles. The fraction of sp³-hybridized carbons (Fsp3) is 0.435. The van der Waals surface area contributed by atoms with Gasteiger partial charge in [-0.15, -0.1) is 0 Å². The van der Waals surface area contributed by atoms with Gasteiger partial charge in [0.05, 0.1) is 20.6 Å². The molecule has 5 heteroatoms. The number of rotatable bonds is 6. The number of aryl methyl sites for hydroxylation is 2. The van der Waals surface area contributed by atoms with Crippen molar-refractivity contribution in [1.82, 2.24) is 9.80 Å². The molecule has 0 unspecified atom stereocenters. The van der Waals surface area contributed by atoms with Gasteiger partial charge in [0.25, 0.3) is 0 Å². The zero-order valence-corrected chi connectivity index (χ0v) is 17.3. The Morgan fingerprint density at radius 1 is 0.929 bits per heavy atom. The number of hydrogen-bond donors (Lipinski definition) is 0. The van der Waals surface area contributed by atoms with Crippen LogP contribution in [0.2, 0.25) is 0 Å². The molecule has 1 aliphatic rings. The molecule has 0 aromatic heterocycles. The first kappa shape index (κ1) is 20.2. The second kappa shape index (κ2) is 9.11. The maximum absolute atomic E-state index is 12.7. The third-order valence-corrected chi connectivity index (χ3v) is 5.43. The molecule has 0 spiro atoms. The van der Waals surface area contributed by atoms with Crippen molar-refractivity contribution < 1.29 is 14.3 Å². The van der Waals surface area contributed by atoms with Crippen LogP contribution in [0.25, 0.3) is 0 Å². The molecule has 150 valence electrons. The number of amides is 1. The summed E-state index contributed by atoms with van der Waals surface area (Å²) in [4.78, 5) is 17.1. The van der Waals surface area contributed by atoms with Crippen LogP contribution >= 0.6 is 0 Å². The smallest absolute Gasteiger partial charge is 0.227 e. The van der Waals surface area contributed by atoms with Crippen LogP contribution in [0.15, 0.2) is 36.4 Å². The summed E-state index contributed by atoms with van der Waals surface area (Å²) in [6.45, 7) is 8.61. The second-order valence-electron chi connectivity index (χ2n) is 7.45. The number of methoxy groups -OCH3 is 2. The Bertz CT molecular complexity index is 827. The third-order valence-electron chi connectivity index (χ3n) is 5.43. The molecule has 1 aliphatic heterocycles. The molecule has 28 heavy (non-hydrogen) atoms. The van der Waals surface area contributed by atoms with Crippen molar-refractivity contribution in [2.24, 2.45) is 0 Å². The molecule has 0 aliphatic carbocycles. The Balaban J connectivity index is 1.54. The van der Waals surface area contributed by atoms with Gasteiger partial charge in [-0.25, -0.2) is 0 Å². The zero-order valence-electron chi connectivity index (χ0n) is 17.3. The van der Waals surface area contributed by atoms with Crippen molar-refractivity contribution in [2.75, 3.05) is 40.4 Å². The average molecular weight is 383 g/mol. The summed E-state index contributed by atoms with van der Waals surface area (Å²) in [6.07, 6.45) is 0.386. The molecule has 0 radical (unpaired) electrons. The van der Waals surface area contributed by atoms with E-state index in [1.54, 1.807) is 14.2 Å². The maximum Gasteiger partial charge on any atom is 0.227 e. The lowest BCUT2D eigenvalue weighted by Crippen LogP contribution is -2.48. The van der Waals surface area contributed by atoms with E-state index in [2.05, 4.69) is 36.9 Å². The number of piperazine rings is 1. The van der Waals surface area contributed by atoms with Gasteiger partial charge in [-0.2, -0.15) is 0 Å². The highest BCUT2D eigenvalue weighted by molar-refractivity contribution is 5.79. The normalized spacial score (nSPS) is 14.8. The highest BCUT2D eigenvalue weighted by Gasteiger charge is 2.22. The summed E-state index contributed by atoms with van der Waals surface area (Å²) in [5.41, 5.74) is 4.95. The van der Waals surface area contributed by atoms with Gasteiger partial charge in [-0.05, 0) is 42.7 Å². The highest BCUT2D eigenvalue weighted by atomic mass is 16.5. The largest absolute Gasteiger partial charge is 0.493 e. The van der Waals surface area contributed by atoms with E-state index < -0.39 is 0 Å². The van der Waals surface area contributed by atoms with E-state index in [1.807, 2.05) is 23.1 Å². The van der Waals surface area contributed by atoms with Gasteiger partial charge in [-0.1, -0.05) is 29.8 Å². The van der Waals surface area contributed by atoms with Gasteiger partial charge in [0.1, 0.15) is 0 Å². The molecule has 3 rings (SSSR count). The van der Waals surface area contributed by atoms with Crippen LogP contribution in [0.3, 0.4) is 0 Å². The minimum atomic E-state index is 0.165. The fourth-order valence-corrected chi connectivity index (χ4v) is 3.64. The van der Waals surface area contributed by atoms with Gasteiger partial charge in [0, 0.05) is 32.7 Å². The Morgan fingerprint density at radius 3 is 2.32 bits per heavy atom. The van der Waals surface area contributed by atoms with Crippen LogP contribution in [-0.2, 0) is 17.8 Å². The summed E-state index contributed by atoms with van der Waals surface area (Å²) in [7, 11) is 3.22. The Kier molecular flexibility index (Phi) is 6.57. The van der Waals surface area contributed by atoms with E-state index >= 15 is 0 Å². The molecule has 0 atom stereocenters. The lowest BCUT2D eigenvalue weighted by molar-refractivity contribution is -0.132. The minimum Gasteiger partial charge on any atom is -0.493 e. The van der Waals surface area contributed by atoms with Crippen molar-refractivity contribution >= 4 is 5.91 Å². The number of ether oxygens (including phenoxy) is 2. The lowest BCUT2D eigenvalue weighted by Gasteiger charge is -2.35. The number of hydrogen-bond acceptors (Lipinski definition) is 4. The first-order valence-corrected chi connectivity index (χ1v) is 9.77. The van der Waals surface area contributed by atoms with Crippen LogP contribution in [0, 0.1) is 13.8 Å². The lowest BCUT2D eigenvalue weighted by atomic mass is 10.0. The van der Waals surface area contributed by atoms with Gasteiger partial charge in [-0.3, -0.25) is 9.69 Å². The van der Waals surface area contributed by atoms with E-state index in [9.17, 15) is 4.79 Å². The van der Waals surface area contributed by atoms with E-state index in [-0.39, 0.29) is 5.91 Å². The Hall–Kier alpha value is -2.53. The van der Waals surface area contributed by atoms with Crippen molar-refractivity contribution in [1.29, 1.82) is 0 Å². The first-order valence-electron chi connectivity index (χ1n) is 9.77. The van der Waals surface area contributed by atoms with Crippen molar-refractivity contribution in [3.63, 3.8) is 0 Å². The van der Waals surface area contributed by atoms with Crippen LogP contribution in [-0.4, -0.2) is 56.1 Å². The van der Waals surface area contributed by atoms with E-state index in [0.29, 0.717) is 17.9 Å². The molecule has 1 saturated heterocycles. The Morgan fingerprint density at radius 2 is 1.64 bits per heavy atom. The van der Waals surface area contributed by atoms with Gasteiger partial charge in [0.2, 0.25) is 5.91 Å². The highest BCUT2D eigenvalue weighted by Crippen LogP contribution is 2.28.